The van der Waals surface area contributed by atoms with Gasteiger partial charge in [-0.1, -0.05) is 18.2 Å². The summed E-state index contributed by atoms with van der Waals surface area (Å²) in [7, 11) is 0. The number of halogens is 5. The van der Waals surface area contributed by atoms with Crippen molar-refractivity contribution in [2.45, 2.75) is 19.5 Å². The highest BCUT2D eigenvalue weighted by molar-refractivity contribution is 6.03. The van der Waals surface area contributed by atoms with Gasteiger partial charge in [-0.15, -0.1) is 0 Å². The van der Waals surface area contributed by atoms with Crippen LogP contribution in [0.1, 0.15) is 56.6 Å². The third-order valence-corrected chi connectivity index (χ3v) is 4.00. The molecule has 13 heteroatoms. The number of para-hydroxylation sites is 1. The van der Waals surface area contributed by atoms with E-state index in [1.54, 1.807) is 0 Å². The number of nitrogens with zero attached hydrogens (tertiary/aromatic N) is 2. The van der Waals surface area contributed by atoms with Gasteiger partial charge in [0.25, 0.3) is 12.1 Å². The van der Waals surface area contributed by atoms with Gasteiger partial charge in [0, 0.05) is 11.6 Å². The first-order chi connectivity index (χ1) is 14.9. The van der Waals surface area contributed by atoms with E-state index in [0.29, 0.717) is 6.08 Å². The molecule has 0 aliphatic heterocycles. The summed E-state index contributed by atoms with van der Waals surface area (Å²) in [6.07, 6.45) is -7.74. The SMILES string of the molecule is CCOC(=O)c1c(C(F)(F)F)nc(C(F)F)c(C(=O)O)c1/C=C/c1ccccc1[N+](=O)[O-]. The molecule has 0 aliphatic carbocycles. The fraction of sp³-hybridized carbons (Fsp3) is 0.211. The van der Waals surface area contributed by atoms with Crippen molar-refractivity contribution in [1.29, 1.82) is 0 Å². The Morgan fingerprint density at radius 2 is 1.84 bits per heavy atom. The zero-order valence-corrected chi connectivity index (χ0v) is 16.0. The molecule has 0 amide bonds. The van der Waals surface area contributed by atoms with E-state index in [1.807, 2.05) is 0 Å². The van der Waals surface area contributed by atoms with Crippen LogP contribution in [0.5, 0.6) is 0 Å². The van der Waals surface area contributed by atoms with E-state index in [2.05, 4.69) is 9.72 Å². The lowest BCUT2D eigenvalue weighted by Crippen LogP contribution is -2.23. The van der Waals surface area contributed by atoms with Crippen molar-refractivity contribution in [3.63, 3.8) is 0 Å². The van der Waals surface area contributed by atoms with Crippen molar-refractivity contribution in [1.82, 2.24) is 4.98 Å². The van der Waals surface area contributed by atoms with E-state index in [0.717, 1.165) is 12.1 Å². The van der Waals surface area contributed by atoms with Crippen LogP contribution in [0.4, 0.5) is 27.6 Å². The molecule has 0 fully saturated rings. The molecule has 0 atom stereocenters. The summed E-state index contributed by atoms with van der Waals surface area (Å²) in [6, 6.07) is 4.88. The van der Waals surface area contributed by atoms with E-state index >= 15 is 0 Å². The standard InChI is InChI=1S/C19H13F5N2O6/c1-2-32-18(29)13-10(8-7-9-5-3-4-6-11(9)26(30)31)12(17(27)28)14(16(20)21)25-15(13)19(22,23)24/h3-8,16H,2H2,1H3,(H,27,28)/b8-7+. The van der Waals surface area contributed by atoms with Gasteiger partial charge in [-0.2, -0.15) is 13.2 Å². The van der Waals surface area contributed by atoms with Crippen LogP contribution in [0.2, 0.25) is 0 Å². The molecule has 0 bridgehead atoms. The highest BCUT2D eigenvalue weighted by atomic mass is 19.4. The molecule has 1 heterocycles. The van der Waals surface area contributed by atoms with E-state index < -0.39 is 69.8 Å². The highest BCUT2D eigenvalue weighted by Gasteiger charge is 2.42. The van der Waals surface area contributed by atoms with Crippen LogP contribution >= 0.6 is 0 Å². The molecular weight excluding hydrogens is 447 g/mol. The van der Waals surface area contributed by atoms with Gasteiger partial charge in [-0.3, -0.25) is 10.1 Å². The number of carboxylic acid groups (broad SMARTS) is 1. The smallest absolute Gasteiger partial charge is 0.434 e. The summed E-state index contributed by atoms with van der Waals surface area (Å²) in [5.41, 5.74) is -8.34. The van der Waals surface area contributed by atoms with Crippen LogP contribution in [-0.4, -0.2) is 33.6 Å². The molecular formula is C19H13F5N2O6. The molecule has 1 N–H and O–H groups in total. The Bertz CT molecular complexity index is 1100. The van der Waals surface area contributed by atoms with Crippen molar-refractivity contribution >= 4 is 29.8 Å². The number of nitro benzene ring substituents is 1. The van der Waals surface area contributed by atoms with Gasteiger partial charge in [0.05, 0.1) is 28.2 Å². The Balaban J connectivity index is 2.97. The molecule has 0 saturated carbocycles. The first kappa shape index (κ1) is 24.4. The van der Waals surface area contributed by atoms with Crippen LogP contribution in [-0.2, 0) is 10.9 Å². The minimum atomic E-state index is -5.43. The average molecular weight is 460 g/mol. The van der Waals surface area contributed by atoms with E-state index in [1.165, 1.54) is 25.1 Å². The molecule has 32 heavy (non-hydrogen) atoms. The van der Waals surface area contributed by atoms with Crippen LogP contribution in [0.3, 0.4) is 0 Å². The van der Waals surface area contributed by atoms with Gasteiger partial charge < -0.3 is 9.84 Å². The highest BCUT2D eigenvalue weighted by Crippen LogP contribution is 2.38. The van der Waals surface area contributed by atoms with Gasteiger partial charge in [0.15, 0.2) is 5.69 Å². The summed E-state index contributed by atoms with van der Waals surface area (Å²) < 4.78 is 72.1. The summed E-state index contributed by atoms with van der Waals surface area (Å²) in [5, 5.41) is 20.6. The normalized spacial score (nSPS) is 11.7. The number of hydrogen-bond donors (Lipinski definition) is 1. The molecule has 0 unspecified atom stereocenters. The van der Waals surface area contributed by atoms with Crippen molar-refractivity contribution in [2.75, 3.05) is 6.61 Å². The van der Waals surface area contributed by atoms with Gasteiger partial charge in [-0.05, 0) is 19.1 Å². The number of benzene rings is 1. The van der Waals surface area contributed by atoms with Crippen molar-refractivity contribution in [3.8, 4) is 0 Å². The monoisotopic (exact) mass is 460 g/mol. The molecule has 0 radical (unpaired) electrons. The van der Waals surface area contributed by atoms with Crippen LogP contribution < -0.4 is 0 Å². The van der Waals surface area contributed by atoms with E-state index in [4.69, 9.17) is 0 Å². The maximum Gasteiger partial charge on any atom is 0.434 e. The zero-order valence-electron chi connectivity index (χ0n) is 16.0. The van der Waals surface area contributed by atoms with Gasteiger partial charge in [-0.25, -0.2) is 23.4 Å². The summed E-state index contributed by atoms with van der Waals surface area (Å²) in [4.78, 5) is 37.0. The average Bonchev–Trinajstić information content (AvgIpc) is 2.70. The predicted molar refractivity (Wildman–Crippen MR) is 99.1 cm³/mol. The Hall–Kier alpha value is -3.90. The number of aromatic nitrogens is 1. The van der Waals surface area contributed by atoms with Crippen molar-refractivity contribution < 1.29 is 46.3 Å². The lowest BCUT2D eigenvalue weighted by Gasteiger charge is -2.18. The number of carbonyl (C=O) groups is 2. The minimum absolute atomic E-state index is 0.187. The number of ether oxygens (including phenoxy) is 1. The Labute approximate surface area is 176 Å². The topological polar surface area (TPSA) is 120 Å². The molecule has 2 aromatic rings. The van der Waals surface area contributed by atoms with Crippen LogP contribution in [0, 0.1) is 10.1 Å². The Kier molecular flexibility index (Phi) is 7.23. The maximum absolute atomic E-state index is 13.6. The lowest BCUT2D eigenvalue weighted by molar-refractivity contribution is -0.385. The fourth-order valence-corrected chi connectivity index (χ4v) is 2.75. The van der Waals surface area contributed by atoms with Gasteiger partial charge in [0.1, 0.15) is 5.69 Å². The molecule has 1 aromatic heterocycles. The first-order valence-corrected chi connectivity index (χ1v) is 8.65. The molecule has 0 aliphatic rings. The number of rotatable bonds is 7. The maximum atomic E-state index is 13.6. The second-order valence-corrected chi connectivity index (χ2v) is 5.98. The molecule has 0 spiro atoms. The van der Waals surface area contributed by atoms with Crippen molar-refractivity contribution in [3.05, 3.63) is 68.0 Å². The molecule has 170 valence electrons. The minimum Gasteiger partial charge on any atom is -0.478 e. The number of hydrogen-bond acceptors (Lipinski definition) is 6. The Morgan fingerprint density at radius 1 is 1.22 bits per heavy atom. The van der Waals surface area contributed by atoms with Crippen molar-refractivity contribution in [2.24, 2.45) is 0 Å². The largest absolute Gasteiger partial charge is 0.478 e. The number of aromatic carboxylic acids is 1. The second-order valence-electron chi connectivity index (χ2n) is 5.98. The Morgan fingerprint density at radius 3 is 2.34 bits per heavy atom. The summed E-state index contributed by atoms with van der Waals surface area (Å²) >= 11 is 0. The van der Waals surface area contributed by atoms with Crippen LogP contribution in [0.15, 0.2) is 24.3 Å². The second kappa shape index (κ2) is 9.49. The quantitative estimate of drug-likeness (QED) is 0.267. The van der Waals surface area contributed by atoms with E-state index in [-0.39, 0.29) is 5.56 Å². The van der Waals surface area contributed by atoms with Crippen LogP contribution in [0.25, 0.3) is 12.2 Å². The molecule has 0 saturated heterocycles. The predicted octanol–water partition coefficient (Wildman–Crippen LogP) is 4.99. The number of alkyl halides is 5. The number of pyridine rings is 1. The molecule has 8 nitrogen and oxygen atoms in total. The lowest BCUT2D eigenvalue weighted by atomic mass is 9.96. The fourth-order valence-electron chi connectivity index (χ4n) is 2.75. The number of carbonyl (C=O) groups excluding carboxylic acids is 1. The van der Waals surface area contributed by atoms with Gasteiger partial charge in [0.2, 0.25) is 0 Å². The molecule has 1 aromatic carbocycles. The number of esters is 1. The number of carboxylic acids is 1. The summed E-state index contributed by atoms with van der Waals surface area (Å²) in [6.45, 7) is 0.843. The van der Waals surface area contributed by atoms with Gasteiger partial charge >= 0.3 is 18.1 Å². The van der Waals surface area contributed by atoms with E-state index in [9.17, 15) is 46.8 Å². The number of nitro groups is 1. The summed E-state index contributed by atoms with van der Waals surface area (Å²) in [5.74, 6) is -3.74. The molecule has 2 rings (SSSR count). The third-order valence-electron chi connectivity index (χ3n) is 4.00. The third kappa shape index (κ3) is 5.04. The first-order valence-electron chi connectivity index (χ1n) is 8.65. The zero-order chi connectivity index (χ0) is 24.2.